The van der Waals surface area contributed by atoms with Crippen LogP contribution in [0.25, 0.3) is 0 Å². The third-order valence-electron chi connectivity index (χ3n) is 5.90. The van der Waals surface area contributed by atoms with Crippen LogP contribution in [-0.4, -0.2) is 11.8 Å². The van der Waals surface area contributed by atoms with E-state index in [1.54, 1.807) is 0 Å². The standard InChI is InChI=1S/C16H22O3/c1-9-15(17)19-16(2,18-9)8-14-12-4-10-3-11(6-12)7-13(14)5-10/h10-14H,1,3-8H2,2H3. The molecule has 0 aromatic heterocycles. The number of cyclic esters (lactones) is 1. The van der Waals surface area contributed by atoms with Gasteiger partial charge in [-0.3, -0.25) is 0 Å². The maximum Gasteiger partial charge on any atom is 0.376 e. The first kappa shape index (κ1) is 11.8. The fourth-order valence-corrected chi connectivity index (χ4v) is 5.46. The Morgan fingerprint density at radius 3 is 2.16 bits per heavy atom. The summed E-state index contributed by atoms with van der Waals surface area (Å²) in [5.41, 5.74) is 0. The van der Waals surface area contributed by atoms with Crippen molar-refractivity contribution in [1.82, 2.24) is 0 Å². The van der Waals surface area contributed by atoms with Gasteiger partial charge in [0.1, 0.15) is 0 Å². The fourth-order valence-electron chi connectivity index (χ4n) is 5.46. The van der Waals surface area contributed by atoms with E-state index in [9.17, 15) is 4.79 Å². The summed E-state index contributed by atoms with van der Waals surface area (Å²) >= 11 is 0. The summed E-state index contributed by atoms with van der Waals surface area (Å²) in [7, 11) is 0. The second-order valence-corrected chi connectivity index (χ2v) is 7.35. The molecular formula is C16H22O3. The quantitative estimate of drug-likeness (QED) is 0.566. The molecule has 5 aliphatic rings. The van der Waals surface area contributed by atoms with Crippen LogP contribution in [0.3, 0.4) is 0 Å². The molecule has 1 heterocycles. The van der Waals surface area contributed by atoms with Gasteiger partial charge in [0, 0.05) is 13.3 Å². The zero-order chi connectivity index (χ0) is 13.2. The number of hydrogen-bond acceptors (Lipinski definition) is 3. The fraction of sp³-hybridized carbons (Fsp3) is 0.812. The molecule has 4 aliphatic carbocycles. The highest BCUT2D eigenvalue weighted by atomic mass is 16.8. The van der Waals surface area contributed by atoms with Crippen molar-refractivity contribution in [2.45, 2.75) is 51.2 Å². The van der Waals surface area contributed by atoms with Crippen molar-refractivity contribution in [2.75, 3.05) is 0 Å². The maximum absolute atomic E-state index is 11.5. The predicted octanol–water partition coefficient (Wildman–Crippen LogP) is 3.25. The van der Waals surface area contributed by atoms with E-state index in [0.717, 1.165) is 30.1 Å². The number of carbonyl (C=O) groups excluding carboxylic acids is 1. The summed E-state index contributed by atoms with van der Waals surface area (Å²) in [6.45, 7) is 5.52. The van der Waals surface area contributed by atoms with E-state index < -0.39 is 5.79 Å². The van der Waals surface area contributed by atoms with E-state index in [4.69, 9.17) is 9.47 Å². The molecule has 1 atom stereocenters. The average molecular weight is 262 g/mol. The van der Waals surface area contributed by atoms with Crippen molar-refractivity contribution in [3.63, 3.8) is 0 Å². The minimum atomic E-state index is -0.756. The Morgan fingerprint density at radius 1 is 1.11 bits per heavy atom. The molecule has 5 fully saturated rings. The lowest BCUT2D eigenvalue weighted by molar-refractivity contribution is -0.182. The van der Waals surface area contributed by atoms with Crippen molar-refractivity contribution in [2.24, 2.45) is 29.6 Å². The summed E-state index contributed by atoms with van der Waals surface area (Å²) in [4.78, 5) is 11.5. The summed E-state index contributed by atoms with van der Waals surface area (Å²) in [5.74, 6) is 3.35. The molecule has 0 aromatic rings. The molecule has 0 N–H and O–H groups in total. The monoisotopic (exact) mass is 262 g/mol. The van der Waals surface area contributed by atoms with E-state index in [2.05, 4.69) is 6.58 Å². The highest BCUT2D eigenvalue weighted by Crippen LogP contribution is 2.58. The third-order valence-corrected chi connectivity index (χ3v) is 5.90. The molecule has 4 saturated carbocycles. The van der Waals surface area contributed by atoms with Crippen LogP contribution in [0.1, 0.15) is 45.4 Å². The Balaban J connectivity index is 1.51. The summed E-state index contributed by atoms with van der Waals surface area (Å²) in [6.07, 6.45) is 7.89. The molecule has 1 aliphatic heterocycles. The molecule has 19 heavy (non-hydrogen) atoms. The summed E-state index contributed by atoms with van der Waals surface area (Å²) in [6, 6.07) is 0. The van der Waals surface area contributed by atoms with Crippen molar-refractivity contribution < 1.29 is 14.3 Å². The number of hydrogen-bond donors (Lipinski definition) is 0. The number of esters is 1. The molecule has 0 amide bonds. The van der Waals surface area contributed by atoms with Crippen molar-refractivity contribution >= 4 is 5.97 Å². The lowest BCUT2D eigenvalue weighted by Gasteiger charge is -2.55. The Hall–Kier alpha value is -0.990. The topological polar surface area (TPSA) is 35.5 Å². The van der Waals surface area contributed by atoms with E-state index in [0.29, 0.717) is 5.92 Å². The second-order valence-electron chi connectivity index (χ2n) is 7.35. The lowest BCUT2D eigenvalue weighted by atomic mass is 9.51. The first-order chi connectivity index (χ1) is 9.02. The van der Waals surface area contributed by atoms with E-state index in [1.807, 2.05) is 6.92 Å². The lowest BCUT2D eigenvalue weighted by Crippen LogP contribution is -2.47. The van der Waals surface area contributed by atoms with Crippen LogP contribution < -0.4 is 0 Å². The molecule has 1 saturated heterocycles. The van der Waals surface area contributed by atoms with Gasteiger partial charge in [-0.25, -0.2) is 4.79 Å². The van der Waals surface area contributed by atoms with E-state index in [-0.39, 0.29) is 11.7 Å². The first-order valence-corrected chi connectivity index (χ1v) is 7.64. The molecule has 5 rings (SSSR count). The molecule has 3 nitrogen and oxygen atoms in total. The van der Waals surface area contributed by atoms with Gasteiger partial charge in [-0.1, -0.05) is 0 Å². The van der Waals surface area contributed by atoms with Gasteiger partial charge in [-0.15, -0.1) is 0 Å². The van der Waals surface area contributed by atoms with Crippen LogP contribution in [0.5, 0.6) is 0 Å². The smallest absolute Gasteiger partial charge is 0.376 e. The van der Waals surface area contributed by atoms with Gasteiger partial charge in [0.05, 0.1) is 0 Å². The number of rotatable bonds is 2. The molecule has 3 heteroatoms. The van der Waals surface area contributed by atoms with Gasteiger partial charge in [-0.2, -0.15) is 0 Å². The predicted molar refractivity (Wildman–Crippen MR) is 69.9 cm³/mol. The van der Waals surface area contributed by atoms with Crippen LogP contribution in [0.4, 0.5) is 0 Å². The Labute approximate surface area is 114 Å². The zero-order valence-corrected chi connectivity index (χ0v) is 11.6. The molecule has 1 unspecified atom stereocenters. The van der Waals surface area contributed by atoms with Crippen molar-refractivity contribution in [3.05, 3.63) is 12.3 Å². The van der Waals surface area contributed by atoms with Crippen molar-refractivity contribution in [3.8, 4) is 0 Å². The maximum atomic E-state index is 11.5. The van der Waals surface area contributed by atoms with Gasteiger partial charge in [0.15, 0.2) is 0 Å². The van der Waals surface area contributed by atoms with E-state index in [1.165, 1.54) is 32.1 Å². The van der Waals surface area contributed by atoms with Crippen LogP contribution in [-0.2, 0) is 14.3 Å². The molecule has 4 bridgehead atoms. The Morgan fingerprint density at radius 2 is 1.68 bits per heavy atom. The van der Waals surface area contributed by atoms with Crippen LogP contribution in [0.15, 0.2) is 12.3 Å². The Bertz CT molecular complexity index is 395. The van der Waals surface area contributed by atoms with Gasteiger partial charge in [0.2, 0.25) is 5.76 Å². The summed E-state index contributed by atoms with van der Waals surface area (Å²) < 4.78 is 11.0. The van der Waals surface area contributed by atoms with Gasteiger partial charge in [0.25, 0.3) is 5.79 Å². The van der Waals surface area contributed by atoms with Crippen LogP contribution in [0.2, 0.25) is 0 Å². The van der Waals surface area contributed by atoms with Crippen LogP contribution >= 0.6 is 0 Å². The third kappa shape index (κ3) is 1.81. The normalized spacial score (nSPS) is 51.3. The minimum Gasteiger partial charge on any atom is -0.445 e. The van der Waals surface area contributed by atoms with Crippen LogP contribution in [0, 0.1) is 29.6 Å². The molecule has 0 radical (unpaired) electrons. The SMILES string of the molecule is C=C1OC(C)(CC2C3CC4CC(C3)CC2C4)OC1=O. The number of ether oxygens (including phenoxy) is 2. The van der Waals surface area contributed by atoms with E-state index >= 15 is 0 Å². The zero-order valence-electron chi connectivity index (χ0n) is 11.6. The van der Waals surface area contributed by atoms with Gasteiger partial charge >= 0.3 is 5.97 Å². The minimum absolute atomic E-state index is 0.173. The second kappa shape index (κ2) is 3.77. The highest BCUT2D eigenvalue weighted by molar-refractivity contribution is 5.87. The van der Waals surface area contributed by atoms with Crippen molar-refractivity contribution in [1.29, 1.82) is 0 Å². The molecule has 104 valence electrons. The molecule has 0 spiro atoms. The van der Waals surface area contributed by atoms with Gasteiger partial charge in [-0.05, 0) is 68.3 Å². The Kier molecular flexibility index (Phi) is 2.34. The van der Waals surface area contributed by atoms with Gasteiger partial charge < -0.3 is 9.47 Å². The molecule has 0 aromatic carbocycles. The summed E-state index contributed by atoms with van der Waals surface area (Å²) in [5, 5.41) is 0. The first-order valence-electron chi connectivity index (χ1n) is 7.64. The largest absolute Gasteiger partial charge is 0.445 e. The molecular weight excluding hydrogens is 240 g/mol. The highest BCUT2D eigenvalue weighted by Gasteiger charge is 2.52. The average Bonchev–Trinajstić information content (AvgIpc) is 2.57. The number of carbonyl (C=O) groups is 1.